The minimum Gasteiger partial charge on any atom is -0.378 e. The van der Waals surface area contributed by atoms with Gasteiger partial charge in [-0.05, 0) is 13.3 Å². The zero-order chi connectivity index (χ0) is 6.62. The van der Waals surface area contributed by atoms with E-state index in [9.17, 15) is 0 Å². The molecule has 8 heavy (non-hydrogen) atoms. The highest BCUT2D eigenvalue weighted by molar-refractivity contribution is 7.80. The summed E-state index contributed by atoms with van der Waals surface area (Å²) in [7, 11) is 1.72. The SMILES string of the molecule is CCC(C)(CS)OC. The first-order valence-electron chi connectivity index (χ1n) is 2.84. The lowest BCUT2D eigenvalue weighted by Gasteiger charge is -2.23. The molecule has 0 fully saturated rings. The summed E-state index contributed by atoms with van der Waals surface area (Å²) in [6.45, 7) is 4.15. The second-order valence-corrected chi connectivity index (χ2v) is 2.48. The van der Waals surface area contributed by atoms with Crippen LogP contribution in [0.4, 0.5) is 0 Å². The van der Waals surface area contributed by atoms with Crippen molar-refractivity contribution in [1.29, 1.82) is 0 Å². The van der Waals surface area contributed by atoms with Crippen LogP contribution in [0, 0.1) is 0 Å². The van der Waals surface area contributed by atoms with Crippen LogP contribution in [0.5, 0.6) is 0 Å². The predicted octanol–water partition coefficient (Wildman–Crippen LogP) is 1.73. The topological polar surface area (TPSA) is 9.23 Å². The molecule has 0 heterocycles. The maximum Gasteiger partial charge on any atom is 0.0735 e. The fourth-order valence-electron chi connectivity index (χ4n) is 0.321. The molecule has 0 aromatic heterocycles. The Morgan fingerprint density at radius 1 is 1.62 bits per heavy atom. The smallest absolute Gasteiger partial charge is 0.0735 e. The molecule has 0 N–H and O–H groups in total. The minimum absolute atomic E-state index is 0.0108. The highest BCUT2D eigenvalue weighted by atomic mass is 32.1. The van der Waals surface area contributed by atoms with Gasteiger partial charge in [0.05, 0.1) is 5.60 Å². The molecule has 1 nitrogen and oxygen atoms in total. The van der Waals surface area contributed by atoms with Crippen molar-refractivity contribution in [3.8, 4) is 0 Å². The molecule has 0 aromatic carbocycles. The highest BCUT2D eigenvalue weighted by Gasteiger charge is 2.17. The van der Waals surface area contributed by atoms with Crippen molar-refractivity contribution in [3.63, 3.8) is 0 Å². The second-order valence-electron chi connectivity index (χ2n) is 2.17. The fraction of sp³-hybridized carbons (Fsp3) is 1.00. The monoisotopic (exact) mass is 134 g/mol. The zero-order valence-electron chi connectivity index (χ0n) is 5.77. The van der Waals surface area contributed by atoms with Gasteiger partial charge in [-0.1, -0.05) is 6.92 Å². The zero-order valence-corrected chi connectivity index (χ0v) is 6.66. The Kier molecular flexibility index (Phi) is 3.49. The Morgan fingerprint density at radius 2 is 2.12 bits per heavy atom. The number of thiol groups is 1. The summed E-state index contributed by atoms with van der Waals surface area (Å²) in [5.41, 5.74) is -0.0108. The molecule has 0 saturated carbocycles. The lowest BCUT2D eigenvalue weighted by Crippen LogP contribution is -2.27. The average molecular weight is 134 g/mol. The van der Waals surface area contributed by atoms with Crippen molar-refractivity contribution in [2.45, 2.75) is 25.9 Å². The number of ether oxygens (including phenoxy) is 1. The van der Waals surface area contributed by atoms with Gasteiger partial charge in [0.2, 0.25) is 0 Å². The normalized spacial score (nSPS) is 18.0. The Morgan fingerprint density at radius 3 is 2.12 bits per heavy atom. The Labute approximate surface area is 56.8 Å². The molecule has 2 heteroatoms. The van der Waals surface area contributed by atoms with Gasteiger partial charge in [0.15, 0.2) is 0 Å². The fourth-order valence-corrected chi connectivity index (χ4v) is 0.673. The van der Waals surface area contributed by atoms with Gasteiger partial charge >= 0.3 is 0 Å². The first-order valence-corrected chi connectivity index (χ1v) is 3.48. The van der Waals surface area contributed by atoms with E-state index in [4.69, 9.17) is 4.74 Å². The molecule has 0 amide bonds. The van der Waals surface area contributed by atoms with Gasteiger partial charge in [0, 0.05) is 12.9 Å². The van der Waals surface area contributed by atoms with E-state index < -0.39 is 0 Å². The molecule has 0 aromatic rings. The van der Waals surface area contributed by atoms with Gasteiger partial charge in [0.1, 0.15) is 0 Å². The van der Waals surface area contributed by atoms with Crippen molar-refractivity contribution >= 4 is 12.6 Å². The van der Waals surface area contributed by atoms with Crippen molar-refractivity contribution in [3.05, 3.63) is 0 Å². The molecule has 0 radical (unpaired) electrons. The van der Waals surface area contributed by atoms with Crippen molar-refractivity contribution in [1.82, 2.24) is 0 Å². The van der Waals surface area contributed by atoms with Gasteiger partial charge in [-0.2, -0.15) is 12.6 Å². The molecule has 0 bridgehead atoms. The lowest BCUT2D eigenvalue weighted by atomic mass is 10.1. The molecule has 1 unspecified atom stereocenters. The third kappa shape index (κ3) is 2.05. The Hall–Kier alpha value is 0.310. The number of hydrogen-bond donors (Lipinski definition) is 1. The van der Waals surface area contributed by atoms with E-state index in [1.54, 1.807) is 7.11 Å². The van der Waals surface area contributed by atoms with E-state index >= 15 is 0 Å². The maximum atomic E-state index is 5.16. The molecule has 50 valence electrons. The maximum absolute atomic E-state index is 5.16. The predicted molar refractivity (Wildman–Crippen MR) is 39.6 cm³/mol. The van der Waals surface area contributed by atoms with Gasteiger partial charge in [-0.25, -0.2) is 0 Å². The standard InChI is InChI=1S/C6H14OS/c1-4-6(2,5-8)7-3/h8H,4-5H2,1-3H3. The molecule has 0 aliphatic carbocycles. The van der Waals surface area contributed by atoms with Gasteiger partial charge < -0.3 is 4.74 Å². The molecular formula is C6H14OS. The largest absolute Gasteiger partial charge is 0.378 e. The minimum atomic E-state index is -0.0108. The number of methoxy groups -OCH3 is 1. The van der Waals surface area contributed by atoms with Crippen LogP contribution >= 0.6 is 12.6 Å². The van der Waals surface area contributed by atoms with Crippen LogP contribution < -0.4 is 0 Å². The van der Waals surface area contributed by atoms with Gasteiger partial charge in [0.25, 0.3) is 0 Å². The molecular weight excluding hydrogens is 120 g/mol. The van der Waals surface area contributed by atoms with Crippen LogP contribution in [0.15, 0.2) is 0 Å². The van der Waals surface area contributed by atoms with E-state index in [1.165, 1.54) is 0 Å². The van der Waals surface area contributed by atoms with Crippen molar-refractivity contribution in [2.75, 3.05) is 12.9 Å². The summed E-state index contributed by atoms with van der Waals surface area (Å²) in [6, 6.07) is 0. The molecule has 0 aliphatic rings. The van der Waals surface area contributed by atoms with Crippen molar-refractivity contribution < 1.29 is 4.74 Å². The van der Waals surface area contributed by atoms with E-state index in [0.29, 0.717) is 0 Å². The summed E-state index contributed by atoms with van der Waals surface area (Å²) in [6.07, 6.45) is 1.02. The number of hydrogen-bond acceptors (Lipinski definition) is 2. The Bertz CT molecular complexity index is 51.3. The summed E-state index contributed by atoms with van der Waals surface area (Å²) >= 11 is 4.14. The van der Waals surface area contributed by atoms with Gasteiger partial charge in [-0.15, -0.1) is 0 Å². The summed E-state index contributed by atoms with van der Waals surface area (Å²) < 4.78 is 5.16. The Balaban J connectivity index is 3.58. The molecule has 0 spiro atoms. The lowest BCUT2D eigenvalue weighted by molar-refractivity contribution is 0.0243. The molecule has 0 saturated heterocycles. The first-order chi connectivity index (χ1) is 3.68. The average Bonchev–Trinajstić information content (AvgIpc) is 1.87. The third-order valence-electron chi connectivity index (χ3n) is 1.58. The molecule has 0 aliphatic heterocycles. The highest BCUT2D eigenvalue weighted by Crippen LogP contribution is 2.14. The first kappa shape index (κ1) is 8.31. The van der Waals surface area contributed by atoms with E-state index in [-0.39, 0.29) is 5.60 Å². The van der Waals surface area contributed by atoms with Crippen LogP contribution in [0.1, 0.15) is 20.3 Å². The third-order valence-corrected chi connectivity index (χ3v) is 2.24. The van der Waals surface area contributed by atoms with E-state index in [1.807, 2.05) is 0 Å². The van der Waals surface area contributed by atoms with Crippen LogP contribution in [0.3, 0.4) is 0 Å². The summed E-state index contributed by atoms with van der Waals surface area (Å²) in [5.74, 6) is 0.792. The summed E-state index contributed by atoms with van der Waals surface area (Å²) in [4.78, 5) is 0. The van der Waals surface area contributed by atoms with E-state index in [0.717, 1.165) is 12.2 Å². The summed E-state index contributed by atoms with van der Waals surface area (Å²) in [5, 5.41) is 0. The van der Waals surface area contributed by atoms with E-state index in [2.05, 4.69) is 26.5 Å². The molecule has 0 rings (SSSR count). The quantitative estimate of drug-likeness (QED) is 0.578. The van der Waals surface area contributed by atoms with Crippen LogP contribution in [-0.4, -0.2) is 18.5 Å². The van der Waals surface area contributed by atoms with Crippen molar-refractivity contribution in [2.24, 2.45) is 0 Å². The van der Waals surface area contributed by atoms with Crippen LogP contribution in [-0.2, 0) is 4.74 Å². The second kappa shape index (κ2) is 3.36. The molecule has 1 atom stereocenters. The number of rotatable bonds is 3. The van der Waals surface area contributed by atoms with Crippen LogP contribution in [0.25, 0.3) is 0 Å². The van der Waals surface area contributed by atoms with Gasteiger partial charge in [-0.3, -0.25) is 0 Å². The van der Waals surface area contributed by atoms with Crippen LogP contribution in [0.2, 0.25) is 0 Å².